The van der Waals surface area contributed by atoms with Gasteiger partial charge in [-0.25, -0.2) is 4.79 Å². The highest BCUT2D eigenvalue weighted by atomic mass is 28.4. The van der Waals surface area contributed by atoms with Crippen molar-refractivity contribution in [2.45, 2.75) is 32.0 Å². The summed E-state index contributed by atoms with van der Waals surface area (Å²) in [5.41, 5.74) is 2.07. The Labute approximate surface area is 146 Å². The molecule has 0 aliphatic rings. The third-order valence-electron chi connectivity index (χ3n) is 3.26. The summed E-state index contributed by atoms with van der Waals surface area (Å²) in [6.45, 7) is 6.90. The maximum atomic E-state index is 11.8. The van der Waals surface area contributed by atoms with Crippen molar-refractivity contribution >= 4 is 35.6 Å². The lowest BCUT2D eigenvalue weighted by Gasteiger charge is -2.28. The van der Waals surface area contributed by atoms with Gasteiger partial charge < -0.3 is 18.9 Å². The zero-order valence-corrected chi connectivity index (χ0v) is 16.4. The van der Waals surface area contributed by atoms with E-state index in [0.29, 0.717) is 19.1 Å². The summed E-state index contributed by atoms with van der Waals surface area (Å²) in [5.74, 6) is 0. The SMILES string of the molecule is C=C(C)C[Si](CCCNC(=O)NCc1ccccc1)(O[Si])O[Si]. The molecule has 23 heavy (non-hydrogen) atoms. The predicted octanol–water partition coefficient (Wildman–Crippen LogP) is 2.09. The number of amides is 2. The molecular weight excluding hydrogens is 340 g/mol. The van der Waals surface area contributed by atoms with Crippen LogP contribution in [-0.2, 0) is 14.8 Å². The first kappa shape index (κ1) is 19.8. The first-order valence-electron chi connectivity index (χ1n) is 7.41. The van der Waals surface area contributed by atoms with Gasteiger partial charge in [0.1, 0.15) is 0 Å². The predicted molar refractivity (Wildman–Crippen MR) is 95.2 cm³/mol. The normalized spacial score (nSPS) is 11.1. The second kappa shape index (κ2) is 10.6. The molecule has 122 valence electrons. The highest BCUT2D eigenvalue weighted by Crippen LogP contribution is 2.22. The zero-order chi connectivity index (χ0) is 17.1. The molecule has 0 saturated carbocycles. The Hall–Kier alpha value is -1.20. The lowest BCUT2D eigenvalue weighted by atomic mass is 10.2. The van der Waals surface area contributed by atoms with E-state index in [9.17, 15) is 4.79 Å². The maximum Gasteiger partial charge on any atom is 0.321 e. The number of nitrogens with one attached hydrogen (secondary N) is 2. The van der Waals surface area contributed by atoms with Crippen molar-refractivity contribution in [1.82, 2.24) is 10.6 Å². The summed E-state index contributed by atoms with van der Waals surface area (Å²) in [6, 6.07) is 11.0. The number of benzene rings is 1. The monoisotopic (exact) mass is 362 g/mol. The second-order valence-electron chi connectivity index (χ2n) is 5.45. The quantitative estimate of drug-likeness (QED) is 0.381. The zero-order valence-electron chi connectivity index (χ0n) is 13.4. The summed E-state index contributed by atoms with van der Waals surface area (Å²) in [7, 11) is 3.83. The molecule has 1 rings (SSSR count). The third-order valence-corrected chi connectivity index (χ3v) is 8.49. The number of urea groups is 1. The molecule has 0 aliphatic carbocycles. The maximum absolute atomic E-state index is 11.8. The molecular formula is C15H22N2O3Si3. The highest BCUT2D eigenvalue weighted by molar-refractivity contribution is 6.73. The molecule has 0 saturated heterocycles. The van der Waals surface area contributed by atoms with Crippen LogP contribution in [0.4, 0.5) is 4.79 Å². The fraction of sp³-hybridized carbons (Fsp3) is 0.400. The van der Waals surface area contributed by atoms with E-state index in [0.717, 1.165) is 23.6 Å². The van der Waals surface area contributed by atoms with Crippen molar-refractivity contribution in [2.24, 2.45) is 0 Å². The number of hydrogen-bond donors (Lipinski definition) is 2. The van der Waals surface area contributed by atoms with Crippen molar-refractivity contribution in [1.29, 1.82) is 0 Å². The van der Waals surface area contributed by atoms with Crippen LogP contribution in [0.3, 0.4) is 0 Å². The van der Waals surface area contributed by atoms with Gasteiger partial charge in [0.05, 0.1) is 0 Å². The van der Waals surface area contributed by atoms with Gasteiger partial charge in [-0.3, -0.25) is 0 Å². The minimum Gasteiger partial charge on any atom is -0.437 e. The van der Waals surface area contributed by atoms with Crippen molar-refractivity contribution in [3.8, 4) is 0 Å². The summed E-state index contributed by atoms with van der Waals surface area (Å²) in [4.78, 5) is 11.8. The molecule has 0 aliphatic heterocycles. The molecule has 1 aromatic carbocycles. The van der Waals surface area contributed by atoms with E-state index in [1.165, 1.54) is 0 Å². The molecule has 0 spiro atoms. The van der Waals surface area contributed by atoms with Crippen molar-refractivity contribution in [2.75, 3.05) is 6.54 Å². The van der Waals surface area contributed by atoms with Crippen LogP contribution in [0.25, 0.3) is 0 Å². The van der Waals surface area contributed by atoms with Gasteiger partial charge >= 0.3 is 14.6 Å². The Morgan fingerprint density at radius 2 is 1.87 bits per heavy atom. The van der Waals surface area contributed by atoms with Crippen molar-refractivity contribution < 1.29 is 13.0 Å². The minimum absolute atomic E-state index is 0.181. The molecule has 0 atom stereocenters. The highest BCUT2D eigenvalue weighted by Gasteiger charge is 2.33. The van der Waals surface area contributed by atoms with Gasteiger partial charge in [0.15, 0.2) is 0 Å². The number of carbonyl (C=O) groups excluding carboxylic acids is 1. The van der Waals surface area contributed by atoms with Crippen LogP contribution < -0.4 is 10.6 Å². The van der Waals surface area contributed by atoms with Crippen LogP contribution in [0.2, 0.25) is 12.1 Å². The number of hydrogen-bond acceptors (Lipinski definition) is 3. The molecule has 6 radical (unpaired) electrons. The van der Waals surface area contributed by atoms with Gasteiger partial charge in [0.2, 0.25) is 21.0 Å². The van der Waals surface area contributed by atoms with Gasteiger partial charge in [0, 0.05) is 19.1 Å². The molecule has 2 amide bonds. The van der Waals surface area contributed by atoms with Crippen LogP contribution in [0, 0.1) is 0 Å². The van der Waals surface area contributed by atoms with E-state index in [2.05, 4.69) is 38.2 Å². The fourth-order valence-corrected chi connectivity index (χ4v) is 5.89. The average molecular weight is 363 g/mol. The Balaban J connectivity index is 2.27. The largest absolute Gasteiger partial charge is 0.437 e. The van der Waals surface area contributed by atoms with Crippen LogP contribution in [0.1, 0.15) is 18.9 Å². The summed E-state index contributed by atoms with van der Waals surface area (Å²) < 4.78 is 10.8. The number of allylic oxidation sites excluding steroid dienone is 1. The number of carbonyl (C=O) groups is 1. The van der Waals surface area contributed by atoms with E-state index in [1.54, 1.807) is 0 Å². The lowest BCUT2D eigenvalue weighted by molar-refractivity contribution is 0.240. The number of rotatable bonds is 10. The van der Waals surface area contributed by atoms with E-state index < -0.39 is 8.56 Å². The standard InChI is InChI=1S/C15H22N2O3Si3/c1-13(2)12-23(19-21,20-22)10-6-9-16-15(18)17-11-14-7-4-3-5-8-14/h3-5,7-8H,1,6,9-12H2,2H3,(H2,16,17,18). The molecule has 0 heterocycles. The van der Waals surface area contributed by atoms with Crippen LogP contribution in [0.15, 0.2) is 42.5 Å². The Morgan fingerprint density at radius 3 is 2.43 bits per heavy atom. The molecule has 2 N–H and O–H groups in total. The average Bonchev–Trinajstić information content (AvgIpc) is 2.56. The molecule has 5 nitrogen and oxygen atoms in total. The smallest absolute Gasteiger partial charge is 0.321 e. The van der Waals surface area contributed by atoms with Crippen LogP contribution in [0.5, 0.6) is 0 Å². The Bertz CT molecular complexity index is 496. The van der Waals surface area contributed by atoms with E-state index in [4.69, 9.17) is 8.23 Å². The van der Waals surface area contributed by atoms with Crippen LogP contribution >= 0.6 is 0 Å². The van der Waals surface area contributed by atoms with E-state index in [-0.39, 0.29) is 6.03 Å². The molecule has 0 bridgehead atoms. The molecule has 0 unspecified atom stereocenters. The first-order chi connectivity index (χ1) is 11.0. The van der Waals surface area contributed by atoms with E-state index in [1.807, 2.05) is 37.3 Å². The van der Waals surface area contributed by atoms with Gasteiger partial charge in [-0.2, -0.15) is 0 Å². The molecule has 1 aromatic rings. The third kappa shape index (κ3) is 7.75. The van der Waals surface area contributed by atoms with Gasteiger partial charge in [-0.15, -0.1) is 6.58 Å². The van der Waals surface area contributed by atoms with Gasteiger partial charge in [-0.1, -0.05) is 35.9 Å². The van der Waals surface area contributed by atoms with Crippen molar-refractivity contribution in [3.63, 3.8) is 0 Å². The minimum atomic E-state index is -2.39. The Kier molecular flexibility index (Phi) is 9.11. The second-order valence-corrected chi connectivity index (χ2v) is 9.76. The molecule has 0 aromatic heterocycles. The Morgan fingerprint density at radius 1 is 1.22 bits per heavy atom. The summed E-state index contributed by atoms with van der Waals surface area (Å²) in [6.07, 6.45) is 0.757. The van der Waals surface area contributed by atoms with Crippen LogP contribution in [-0.4, -0.2) is 42.1 Å². The van der Waals surface area contributed by atoms with Gasteiger partial charge in [0.25, 0.3) is 0 Å². The summed E-state index contributed by atoms with van der Waals surface area (Å²) >= 11 is 0. The van der Waals surface area contributed by atoms with Crippen molar-refractivity contribution in [3.05, 3.63) is 48.0 Å². The topological polar surface area (TPSA) is 59.6 Å². The molecule has 8 heteroatoms. The lowest BCUT2D eigenvalue weighted by Crippen LogP contribution is -2.42. The first-order valence-corrected chi connectivity index (χ1v) is 10.5. The molecule has 0 fully saturated rings. The fourth-order valence-electron chi connectivity index (χ4n) is 2.14. The van der Waals surface area contributed by atoms with E-state index >= 15 is 0 Å². The van der Waals surface area contributed by atoms with Gasteiger partial charge in [-0.05, 0) is 25.0 Å². The summed E-state index contributed by atoms with van der Waals surface area (Å²) in [5, 5.41) is 5.66.